The summed E-state index contributed by atoms with van der Waals surface area (Å²) in [6.45, 7) is 0. The van der Waals surface area contributed by atoms with Crippen molar-refractivity contribution in [2.75, 3.05) is 5.32 Å². The van der Waals surface area contributed by atoms with Gasteiger partial charge < -0.3 is 15.5 Å². The molecule has 0 aliphatic rings. The van der Waals surface area contributed by atoms with Crippen molar-refractivity contribution >= 4 is 11.6 Å². The standard InChI is InChI=1S/C13H8F3NO3/c14-9-3-6(4-10(15)12(9)16)17-13(20)8-5-7(18)1-2-11(8)19/h1-5,18-19H,(H,17,20). The Bertz CT molecular complexity index is 666. The summed E-state index contributed by atoms with van der Waals surface area (Å²) in [4.78, 5) is 11.8. The van der Waals surface area contributed by atoms with Crippen molar-refractivity contribution in [1.82, 2.24) is 0 Å². The van der Waals surface area contributed by atoms with Gasteiger partial charge in [-0.3, -0.25) is 4.79 Å². The van der Waals surface area contributed by atoms with Gasteiger partial charge >= 0.3 is 0 Å². The van der Waals surface area contributed by atoms with Crippen LogP contribution in [0.2, 0.25) is 0 Å². The van der Waals surface area contributed by atoms with Gasteiger partial charge in [0.1, 0.15) is 11.5 Å². The quantitative estimate of drug-likeness (QED) is 0.586. The lowest BCUT2D eigenvalue weighted by atomic mass is 10.1. The molecule has 3 N–H and O–H groups in total. The summed E-state index contributed by atoms with van der Waals surface area (Å²) < 4.78 is 38.7. The van der Waals surface area contributed by atoms with Crippen LogP contribution in [0.5, 0.6) is 11.5 Å². The van der Waals surface area contributed by atoms with Crippen LogP contribution < -0.4 is 5.32 Å². The second-order valence-corrected chi connectivity index (χ2v) is 3.91. The van der Waals surface area contributed by atoms with Gasteiger partial charge in [0.2, 0.25) is 0 Å². The molecule has 0 aromatic heterocycles. The fourth-order valence-electron chi connectivity index (χ4n) is 1.53. The molecule has 20 heavy (non-hydrogen) atoms. The SMILES string of the molecule is O=C(Nc1cc(F)c(F)c(F)c1)c1cc(O)ccc1O. The molecule has 2 aromatic carbocycles. The lowest BCUT2D eigenvalue weighted by molar-refractivity contribution is 0.102. The van der Waals surface area contributed by atoms with Crippen molar-refractivity contribution in [3.8, 4) is 11.5 Å². The van der Waals surface area contributed by atoms with Crippen LogP contribution in [0.4, 0.5) is 18.9 Å². The van der Waals surface area contributed by atoms with Crippen molar-refractivity contribution in [2.24, 2.45) is 0 Å². The maximum absolute atomic E-state index is 13.0. The maximum Gasteiger partial charge on any atom is 0.259 e. The molecule has 0 bridgehead atoms. The monoisotopic (exact) mass is 283 g/mol. The normalized spacial score (nSPS) is 10.3. The van der Waals surface area contributed by atoms with Gasteiger partial charge in [-0.15, -0.1) is 0 Å². The Balaban J connectivity index is 2.30. The summed E-state index contributed by atoms with van der Waals surface area (Å²) in [6, 6.07) is 4.40. The van der Waals surface area contributed by atoms with Gasteiger partial charge in [0.25, 0.3) is 5.91 Å². The van der Waals surface area contributed by atoms with Crippen LogP contribution in [-0.4, -0.2) is 16.1 Å². The van der Waals surface area contributed by atoms with Crippen LogP contribution in [-0.2, 0) is 0 Å². The highest BCUT2D eigenvalue weighted by Crippen LogP contribution is 2.24. The van der Waals surface area contributed by atoms with Gasteiger partial charge in [-0.1, -0.05) is 0 Å². The minimum Gasteiger partial charge on any atom is -0.508 e. The Morgan fingerprint density at radius 1 is 1.00 bits per heavy atom. The van der Waals surface area contributed by atoms with Crippen molar-refractivity contribution in [3.05, 3.63) is 53.3 Å². The number of hydrogen-bond donors (Lipinski definition) is 3. The van der Waals surface area contributed by atoms with E-state index in [0.29, 0.717) is 12.1 Å². The first-order valence-corrected chi connectivity index (χ1v) is 5.36. The molecule has 104 valence electrons. The van der Waals surface area contributed by atoms with E-state index >= 15 is 0 Å². The Kier molecular flexibility index (Phi) is 3.51. The zero-order valence-electron chi connectivity index (χ0n) is 9.82. The third kappa shape index (κ3) is 2.66. The Hall–Kier alpha value is -2.70. The number of anilines is 1. The predicted octanol–water partition coefficient (Wildman–Crippen LogP) is 2.77. The minimum absolute atomic E-state index is 0.274. The first-order valence-electron chi connectivity index (χ1n) is 5.36. The highest BCUT2D eigenvalue weighted by Gasteiger charge is 2.15. The second-order valence-electron chi connectivity index (χ2n) is 3.91. The number of rotatable bonds is 2. The molecule has 0 fully saturated rings. The molecule has 0 atom stereocenters. The van der Waals surface area contributed by atoms with Gasteiger partial charge in [-0.25, -0.2) is 13.2 Å². The van der Waals surface area contributed by atoms with E-state index in [1.165, 1.54) is 0 Å². The minimum atomic E-state index is -1.65. The molecule has 1 amide bonds. The molecule has 2 rings (SSSR count). The first-order chi connectivity index (χ1) is 9.38. The first kappa shape index (κ1) is 13.7. The molecule has 0 spiro atoms. The van der Waals surface area contributed by atoms with E-state index < -0.39 is 29.1 Å². The van der Waals surface area contributed by atoms with E-state index in [0.717, 1.165) is 18.2 Å². The summed E-state index contributed by atoms with van der Waals surface area (Å²) in [6.07, 6.45) is 0. The fourth-order valence-corrected chi connectivity index (χ4v) is 1.53. The van der Waals surface area contributed by atoms with Crippen molar-refractivity contribution in [3.63, 3.8) is 0 Å². The molecule has 0 heterocycles. The number of aromatic hydroxyl groups is 2. The van der Waals surface area contributed by atoms with E-state index in [2.05, 4.69) is 5.32 Å². The molecule has 0 aliphatic heterocycles. The van der Waals surface area contributed by atoms with Crippen LogP contribution >= 0.6 is 0 Å². The van der Waals surface area contributed by atoms with Gasteiger partial charge in [0.15, 0.2) is 17.5 Å². The summed E-state index contributed by atoms with van der Waals surface area (Å²) in [5.74, 6) is -6.18. The van der Waals surface area contributed by atoms with Gasteiger partial charge in [0, 0.05) is 17.8 Å². The van der Waals surface area contributed by atoms with Crippen LogP contribution in [0.1, 0.15) is 10.4 Å². The number of hydrogen-bond acceptors (Lipinski definition) is 3. The Labute approximate surface area is 111 Å². The van der Waals surface area contributed by atoms with Gasteiger partial charge in [-0.05, 0) is 18.2 Å². The number of phenolic OH excluding ortho intramolecular Hbond substituents is 2. The summed E-state index contributed by atoms with van der Waals surface area (Å²) >= 11 is 0. The van der Waals surface area contributed by atoms with E-state index in [1.54, 1.807) is 0 Å². The zero-order chi connectivity index (χ0) is 14.9. The lowest BCUT2D eigenvalue weighted by Crippen LogP contribution is -2.12. The van der Waals surface area contributed by atoms with Crippen LogP contribution in [0.3, 0.4) is 0 Å². The number of benzene rings is 2. The molecule has 4 nitrogen and oxygen atoms in total. The number of phenols is 2. The van der Waals surface area contributed by atoms with Gasteiger partial charge in [0.05, 0.1) is 5.56 Å². The molecule has 0 radical (unpaired) electrons. The van der Waals surface area contributed by atoms with Crippen LogP contribution in [0, 0.1) is 17.5 Å². The number of nitrogens with one attached hydrogen (secondary N) is 1. The average molecular weight is 283 g/mol. The third-order valence-electron chi connectivity index (χ3n) is 2.47. The van der Waals surface area contributed by atoms with Crippen LogP contribution in [0.15, 0.2) is 30.3 Å². The van der Waals surface area contributed by atoms with Crippen molar-refractivity contribution in [2.45, 2.75) is 0 Å². The number of carbonyl (C=O) groups excluding carboxylic acids is 1. The predicted molar refractivity (Wildman–Crippen MR) is 64.0 cm³/mol. The zero-order valence-corrected chi connectivity index (χ0v) is 9.82. The summed E-state index contributed by atoms with van der Waals surface area (Å²) in [5, 5.41) is 20.8. The number of halogens is 3. The molecule has 2 aromatic rings. The van der Waals surface area contributed by atoms with Crippen molar-refractivity contribution in [1.29, 1.82) is 0 Å². The number of carbonyl (C=O) groups is 1. The molecular formula is C13H8F3NO3. The van der Waals surface area contributed by atoms with Gasteiger partial charge in [-0.2, -0.15) is 0 Å². The number of amides is 1. The van der Waals surface area contributed by atoms with E-state index in [1.807, 2.05) is 0 Å². The third-order valence-corrected chi connectivity index (χ3v) is 2.47. The second kappa shape index (κ2) is 5.12. The Morgan fingerprint density at radius 2 is 1.60 bits per heavy atom. The highest BCUT2D eigenvalue weighted by atomic mass is 19.2. The molecule has 0 saturated carbocycles. The van der Waals surface area contributed by atoms with E-state index in [-0.39, 0.29) is 17.0 Å². The average Bonchev–Trinajstić information content (AvgIpc) is 2.38. The fraction of sp³-hybridized carbons (Fsp3) is 0. The Morgan fingerprint density at radius 3 is 2.20 bits per heavy atom. The molecule has 0 unspecified atom stereocenters. The topological polar surface area (TPSA) is 69.6 Å². The summed E-state index contributed by atoms with van der Waals surface area (Å²) in [5.41, 5.74) is -0.621. The largest absolute Gasteiger partial charge is 0.508 e. The summed E-state index contributed by atoms with van der Waals surface area (Å²) in [7, 11) is 0. The van der Waals surface area contributed by atoms with E-state index in [4.69, 9.17) is 0 Å². The molecule has 0 saturated heterocycles. The molecular weight excluding hydrogens is 275 g/mol. The molecule has 0 aliphatic carbocycles. The maximum atomic E-state index is 13.0. The highest BCUT2D eigenvalue weighted by molar-refractivity contribution is 6.06. The van der Waals surface area contributed by atoms with Crippen LogP contribution in [0.25, 0.3) is 0 Å². The van der Waals surface area contributed by atoms with E-state index in [9.17, 15) is 28.2 Å². The smallest absolute Gasteiger partial charge is 0.259 e. The lowest BCUT2D eigenvalue weighted by Gasteiger charge is -2.08. The molecule has 7 heteroatoms. The van der Waals surface area contributed by atoms with Crippen molar-refractivity contribution < 1.29 is 28.2 Å².